The number of nitrogens with zero attached hydrogens (tertiary/aromatic N) is 2. The maximum atomic E-state index is 13.3. The maximum Gasteiger partial charge on any atom is 0.488 e. The number of hydrogen-bond acceptors (Lipinski definition) is 3. The normalized spacial score (nSPS) is 10.9. The van der Waals surface area contributed by atoms with Crippen molar-refractivity contribution in [3.63, 3.8) is 0 Å². The zero-order valence-corrected chi connectivity index (χ0v) is 24.9. The molecule has 0 amide bonds. The lowest BCUT2D eigenvalue weighted by Gasteiger charge is -2.12. The van der Waals surface area contributed by atoms with E-state index in [1.54, 1.807) is 6.07 Å². The zero-order chi connectivity index (χ0) is 35.1. The van der Waals surface area contributed by atoms with Crippen molar-refractivity contribution in [2.75, 3.05) is 0 Å². The van der Waals surface area contributed by atoms with Crippen molar-refractivity contribution in [1.82, 2.24) is 0 Å². The molecule has 4 aromatic carbocycles. The third-order valence-electron chi connectivity index (χ3n) is 5.73. The van der Waals surface area contributed by atoms with Gasteiger partial charge in [-0.25, -0.2) is 22.4 Å². The second kappa shape index (κ2) is 15.3. The number of halogens is 11. The highest BCUT2D eigenvalue weighted by atomic mass is 79.9. The molecular weight excluding hydrogens is 701 g/mol. The van der Waals surface area contributed by atoms with Gasteiger partial charge in [0, 0.05) is 4.47 Å². The summed E-state index contributed by atoms with van der Waals surface area (Å²) in [7, 11) is -1.88. The van der Waals surface area contributed by atoms with Crippen LogP contribution in [0.5, 0.6) is 0 Å². The Kier molecular flexibility index (Phi) is 12.6. The van der Waals surface area contributed by atoms with E-state index in [0.29, 0.717) is 17.2 Å². The van der Waals surface area contributed by atoms with Gasteiger partial charge in [0.15, 0.2) is 23.1 Å². The van der Waals surface area contributed by atoms with Crippen molar-refractivity contribution in [3.8, 4) is 17.2 Å². The van der Waals surface area contributed by atoms with E-state index >= 15 is 0 Å². The van der Waals surface area contributed by atoms with Gasteiger partial charge in [0.1, 0.15) is 11.9 Å². The Morgan fingerprint density at radius 2 is 1.20 bits per heavy atom. The number of hydrogen-bond donors (Lipinski definition) is 2. The molecule has 240 valence electrons. The van der Waals surface area contributed by atoms with Crippen molar-refractivity contribution in [1.29, 1.82) is 5.26 Å². The molecule has 4 rings (SSSR count). The lowest BCUT2D eigenvalue weighted by atomic mass is 9.78. The van der Waals surface area contributed by atoms with E-state index in [1.807, 2.05) is 0 Å². The largest absolute Gasteiger partial charge is 0.488 e. The topological polar surface area (TPSA) is 68.6 Å². The number of rotatable bonds is 2. The second-order valence-corrected chi connectivity index (χ2v) is 10.2. The molecule has 0 spiro atoms. The van der Waals surface area contributed by atoms with Crippen LogP contribution in [0.4, 0.5) is 49.6 Å². The van der Waals surface area contributed by atoms with Crippen LogP contribution >= 0.6 is 15.9 Å². The van der Waals surface area contributed by atoms with E-state index in [9.17, 15) is 43.9 Å². The molecule has 0 unspecified atom stereocenters. The Labute approximate surface area is 264 Å². The Morgan fingerprint density at radius 3 is 1.70 bits per heavy atom. The van der Waals surface area contributed by atoms with Crippen molar-refractivity contribution in [3.05, 3.63) is 128 Å². The summed E-state index contributed by atoms with van der Waals surface area (Å²) >= 11 is 2.91. The third kappa shape index (κ3) is 10.3. The van der Waals surface area contributed by atoms with Crippen molar-refractivity contribution in [2.45, 2.75) is 26.2 Å². The molecule has 4 nitrogen and oxygen atoms in total. The van der Waals surface area contributed by atoms with Gasteiger partial charge >= 0.3 is 19.5 Å². The fourth-order valence-corrected chi connectivity index (χ4v) is 4.10. The highest BCUT2D eigenvalue weighted by molar-refractivity contribution is 9.10. The predicted molar refractivity (Wildman–Crippen MR) is 153 cm³/mol. The number of benzene rings is 4. The molecule has 0 aliphatic rings. The number of aryl methyl sites for hydroxylation is 2. The molecule has 0 aliphatic carbocycles. The van der Waals surface area contributed by atoms with Crippen LogP contribution in [0.1, 0.15) is 27.8 Å². The first-order valence-corrected chi connectivity index (χ1v) is 13.1. The smallest absolute Gasteiger partial charge is 0.423 e. The average Bonchev–Trinajstić information content (AvgIpc) is 2.95. The van der Waals surface area contributed by atoms with Gasteiger partial charge in [-0.15, -0.1) is 0 Å². The molecule has 0 fully saturated rings. The summed E-state index contributed by atoms with van der Waals surface area (Å²) in [5.74, 6) is -4.40. The quantitative estimate of drug-likeness (QED) is 0.0943. The van der Waals surface area contributed by atoms with Crippen LogP contribution in [0.15, 0.2) is 65.1 Å². The molecule has 0 saturated heterocycles. The van der Waals surface area contributed by atoms with Crippen LogP contribution < -0.4 is 5.46 Å². The summed E-state index contributed by atoms with van der Waals surface area (Å²) in [6, 6.07) is 11.0. The summed E-state index contributed by atoms with van der Waals surface area (Å²) < 4.78 is 127. The summed E-state index contributed by atoms with van der Waals surface area (Å²) in [5, 5.41) is 25.8. The van der Waals surface area contributed by atoms with Gasteiger partial charge in [-0.05, 0) is 94.4 Å². The SMILES string of the molecule is Cc1cc(B(O)O)cc(C(F)(F)F)c1.N#Cc1cc(F)c(F)cc1Br.[C-]#[N+]c1cc(F)c(F)cc1-c1cc(C)cc(C(F)(F)F)c1. The molecular formula is C30H18BBrF10N2O2. The van der Waals surface area contributed by atoms with E-state index < -0.39 is 53.9 Å². The Balaban J connectivity index is 0.000000256. The van der Waals surface area contributed by atoms with Crippen LogP contribution in [0.3, 0.4) is 0 Å². The molecule has 0 bridgehead atoms. The van der Waals surface area contributed by atoms with E-state index in [-0.39, 0.29) is 32.3 Å². The minimum absolute atomic E-state index is 0.0206. The Hall–Kier alpha value is -4.38. The van der Waals surface area contributed by atoms with Crippen LogP contribution in [0, 0.1) is 55.0 Å². The predicted octanol–water partition coefficient (Wildman–Crippen LogP) is 8.80. The van der Waals surface area contributed by atoms with Crippen molar-refractivity contribution < 1.29 is 54.0 Å². The Bertz CT molecular complexity index is 1810. The standard InChI is InChI=1S/C15H8F5N.C8H8BF3O2.C7H2BrF2N/c1-8-3-9(5-10(4-8)15(18,19)20)11-6-12(16)13(17)7-14(11)21-2;1-5-2-6(8(10,11)12)4-7(3-5)9(13)14;8-5-2-7(10)6(9)1-4(5)3-11/h3-7H,1H3;2-4,13-14H,1H3;1-2H. The minimum atomic E-state index is -4.56. The van der Waals surface area contributed by atoms with Gasteiger partial charge in [-0.3, -0.25) is 0 Å². The molecule has 0 heterocycles. The highest BCUT2D eigenvalue weighted by Crippen LogP contribution is 2.37. The highest BCUT2D eigenvalue weighted by Gasteiger charge is 2.32. The first-order chi connectivity index (χ1) is 21.2. The molecule has 0 aliphatic heterocycles. The van der Waals surface area contributed by atoms with Crippen LogP contribution in [0.25, 0.3) is 16.0 Å². The van der Waals surface area contributed by atoms with E-state index in [4.69, 9.17) is 21.9 Å². The van der Waals surface area contributed by atoms with Gasteiger partial charge in [0.05, 0.1) is 23.3 Å². The van der Waals surface area contributed by atoms with Crippen LogP contribution in [-0.2, 0) is 12.4 Å². The lowest BCUT2D eigenvalue weighted by Crippen LogP contribution is -2.31. The monoisotopic (exact) mass is 718 g/mol. The number of nitriles is 1. The third-order valence-corrected chi connectivity index (χ3v) is 6.39. The number of alkyl halides is 6. The molecule has 0 atom stereocenters. The minimum Gasteiger partial charge on any atom is -0.423 e. The average molecular weight is 719 g/mol. The molecule has 2 N–H and O–H groups in total. The first-order valence-electron chi connectivity index (χ1n) is 12.3. The van der Waals surface area contributed by atoms with Crippen LogP contribution in [0.2, 0.25) is 0 Å². The summed E-state index contributed by atoms with van der Waals surface area (Å²) in [6.45, 7) is 9.86. The zero-order valence-electron chi connectivity index (χ0n) is 23.3. The summed E-state index contributed by atoms with van der Waals surface area (Å²) in [5.41, 5.74) is -1.50. The van der Waals surface area contributed by atoms with Gasteiger partial charge in [0.2, 0.25) is 0 Å². The molecule has 0 saturated carbocycles. The van der Waals surface area contributed by atoms with E-state index in [2.05, 4.69) is 20.8 Å². The molecule has 4 aromatic rings. The maximum absolute atomic E-state index is 13.3. The molecule has 0 aromatic heterocycles. The molecule has 16 heteroatoms. The summed E-state index contributed by atoms with van der Waals surface area (Å²) in [4.78, 5) is 3.03. The Morgan fingerprint density at radius 1 is 0.717 bits per heavy atom. The van der Waals surface area contributed by atoms with E-state index in [1.165, 1.54) is 26.0 Å². The second-order valence-electron chi connectivity index (χ2n) is 9.34. The van der Waals surface area contributed by atoms with Gasteiger partial charge in [0.25, 0.3) is 0 Å². The van der Waals surface area contributed by atoms with Crippen LogP contribution in [-0.4, -0.2) is 17.2 Å². The first kappa shape index (κ1) is 37.8. The van der Waals surface area contributed by atoms with Gasteiger partial charge in [-0.1, -0.05) is 23.8 Å². The van der Waals surface area contributed by atoms with Crippen molar-refractivity contribution >= 4 is 34.2 Å². The fourth-order valence-electron chi connectivity index (χ4n) is 3.70. The fraction of sp³-hybridized carbons (Fsp3) is 0.133. The molecule has 0 radical (unpaired) electrons. The summed E-state index contributed by atoms with van der Waals surface area (Å²) in [6.07, 6.45) is -9.02. The van der Waals surface area contributed by atoms with Crippen molar-refractivity contribution in [2.24, 2.45) is 0 Å². The lowest BCUT2D eigenvalue weighted by molar-refractivity contribution is -0.138. The van der Waals surface area contributed by atoms with Gasteiger partial charge < -0.3 is 10.0 Å². The van der Waals surface area contributed by atoms with Gasteiger partial charge in [-0.2, -0.15) is 31.6 Å². The van der Waals surface area contributed by atoms with E-state index in [0.717, 1.165) is 42.5 Å². The molecule has 46 heavy (non-hydrogen) atoms.